The van der Waals surface area contributed by atoms with E-state index in [2.05, 4.69) is 22.3 Å². The molecule has 150 valence electrons. The van der Waals surface area contributed by atoms with E-state index >= 15 is 0 Å². The molecule has 6 nitrogen and oxygen atoms in total. The van der Waals surface area contributed by atoms with Gasteiger partial charge in [-0.3, -0.25) is 14.7 Å². The Hall–Kier alpha value is -2.80. The van der Waals surface area contributed by atoms with Crippen LogP contribution >= 0.6 is 0 Å². The van der Waals surface area contributed by atoms with E-state index in [1.165, 1.54) is 6.92 Å². The van der Waals surface area contributed by atoms with Gasteiger partial charge in [0.15, 0.2) is 0 Å². The maximum Gasteiger partial charge on any atom is 0.221 e. The largest absolute Gasteiger partial charge is 0.394 e. The van der Waals surface area contributed by atoms with Crippen LogP contribution in [0.1, 0.15) is 24.2 Å². The Morgan fingerprint density at radius 3 is 2.79 bits per heavy atom. The Balaban J connectivity index is 1.59. The summed E-state index contributed by atoms with van der Waals surface area (Å²) in [5, 5.41) is 13.6. The summed E-state index contributed by atoms with van der Waals surface area (Å²) in [6.07, 6.45) is -0.258. The molecule has 1 aliphatic rings. The van der Waals surface area contributed by atoms with Gasteiger partial charge in [0.05, 0.1) is 30.5 Å². The van der Waals surface area contributed by atoms with Crippen LogP contribution in [-0.4, -0.2) is 46.8 Å². The third kappa shape index (κ3) is 4.45. The molecule has 0 radical (unpaired) electrons. The molecule has 0 unspecified atom stereocenters. The van der Waals surface area contributed by atoms with E-state index in [9.17, 15) is 9.90 Å². The highest BCUT2D eigenvalue weighted by molar-refractivity contribution is 5.92. The molecule has 6 heteroatoms. The number of aliphatic hydroxyl groups is 1. The number of nitrogens with zero attached hydrogens (tertiary/aromatic N) is 2. The fourth-order valence-corrected chi connectivity index (χ4v) is 3.94. The van der Waals surface area contributed by atoms with Gasteiger partial charge in [0.25, 0.3) is 0 Å². The zero-order chi connectivity index (χ0) is 20.2. The molecule has 1 aromatic heterocycles. The molecule has 0 aliphatic carbocycles. The summed E-state index contributed by atoms with van der Waals surface area (Å²) in [7, 11) is 0. The molecule has 2 aromatic carbocycles. The lowest BCUT2D eigenvalue weighted by Gasteiger charge is -2.40. The average Bonchev–Trinajstić information content (AvgIpc) is 2.74. The van der Waals surface area contributed by atoms with Gasteiger partial charge in [0, 0.05) is 31.1 Å². The molecular formula is C23H25N3O3. The van der Waals surface area contributed by atoms with Crippen LogP contribution in [0.25, 0.3) is 10.9 Å². The fourth-order valence-electron chi connectivity index (χ4n) is 3.94. The summed E-state index contributed by atoms with van der Waals surface area (Å²) in [6, 6.07) is 19.9. The fraction of sp³-hybridized carbons (Fsp3) is 0.304. The molecule has 2 heterocycles. The van der Waals surface area contributed by atoms with Crippen LogP contribution in [0.3, 0.4) is 0 Å². The van der Waals surface area contributed by atoms with Crippen molar-refractivity contribution in [1.82, 2.24) is 9.88 Å². The van der Waals surface area contributed by atoms with Crippen molar-refractivity contribution in [3.8, 4) is 0 Å². The minimum Gasteiger partial charge on any atom is -0.394 e. The highest BCUT2D eigenvalue weighted by atomic mass is 16.5. The normalized spacial score (nSPS) is 19.9. The van der Waals surface area contributed by atoms with E-state index in [1.807, 2.05) is 48.5 Å². The zero-order valence-electron chi connectivity index (χ0n) is 16.4. The summed E-state index contributed by atoms with van der Waals surface area (Å²) in [5.41, 5.74) is 3.75. The van der Waals surface area contributed by atoms with E-state index in [1.54, 1.807) is 0 Å². The SMILES string of the molecule is CC(=O)Nc1ccc2nc(CN3CCO[C@H](CO)[C@H]3c3ccccc3)ccc2c1. The number of carbonyl (C=O) groups is 1. The predicted octanol–water partition coefficient (Wildman–Crippen LogP) is 3.13. The minimum absolute atomic E-state index is 0.0189. The standard InChI is InChI=1S/C23H25N3O3/c1-16(28)24-19-9-10-21-18(13-19)7-8-20(25-21)14-26-11-12-29-22(15-27)23(26)17-5-3-2-4-6-17/h2-10,13,22-23,27H,11-12,14-15H2,1H3,(H,24,28)/t22-,23-/m1/s1. The van der Waals surface area contributed by atoms with Crippen LogP contribution in [0.15, 0.2) is 60.7 Å². The lowest BCUT2D eigenvalue weighted by atomic mass is 9.98. The van der Waals surface area contributed by atoms with Gasteiger partial charge in [0.1, 0.15) is 6.10 Å². The van der Waals surface area contributed by atoms with Crippen LogP contribution < -0.4 is 5.32 Å². The van der Waals surface area contributed by atoms with Crippen molar-refractivity contribution in [2.75, 3.05) is 25.1 Å². The number of anilines is 1. The van der Waals surface area contributed by atoms with Crippen LogP contribution in [0, 0.1) is 0 Å². The van der Waals surface area contributed by atoms with Crippen molar-refractivity contribution in [3.05, 3.63) is 71.9 Å². The number of aliphatic hydroxyl groups excluding tert-OH is 1. The molecule has 2 atom stereocenters. The maximum atomic E-state index is 11.3. The second-order valence-electron chi connectivity index (χ2n) is 7.31. The number of pyridine rings is 1. The molecule has 1 aliphatic heterocycles. The van der Waals surface area contributed by atoms with Crippen molar-refractivity contribution in [2.45, 2.75) is 25.6 Å². The van der Waals surface area contributed by atoms with E-state index in [0.29, 0.717) is 13.2 Å². The zero-order valence-corrected chi connectivity index (χ0v) is 16.4. The molecule has 1 saturated heterocycles. The smallest absolute Gasteiger partial charge is 0.221 e. The first-order valence-corrected chi connectivity index (χ1v) is 9.83. The highest BCUT2D eigenvalue weighted by Gasteiger charge is 2.33. The number of amides is 1. The van der Waals surface area contributed by atoms with Crippen molar-refractivity contribution < 1.29 is 14.6 Å². The number of benzene rings is 2. The third-order valence-corrected chi connectivity index (χ3v) is 5.21. The first kappa shape index (κ1) is 19.5. The van der Waals surface area contributed by atoms with Gasteiger partial charge < -0.3 is 15.2 Å². The summed E-state index contributed by atoms with van der Waals surface area (Å²) < 4.78 is 5.83. The molecule has 0 spiro atoms. The van der Waals surface area contributed by atoms with Gasteiger partial charge in [-0.2, -0.15) is 0 Å². The summed E-state index contributed by atoms with van der Waals surface area (Å²) in [5.74, 6) is -0.0911. The Kier molecular flexibility index (Phi) is 5.85. The molecule has 3 aromatic rings. The van der Waals surface area contributed by atoms with Crippen LogP contribution in [0.5, 0.6) is 0 Å². The van der Waals surface area contributed by atoms with Crippen molar-refractivity contribution in [2.24, 2.45) is 0 Å². The van der Waals surface area contributed by atoms with Gasteiger partial charge in [-0.1, -0.05) is 36.4 Å². The van der Waals surface area contributed by atoms with Gasteiger partial charge in [-0.15, -0.1) is 0 Å². The summed E-state index contributed by atoms with van der Waals surface area (Å²) in [6.45, 7) is 3.51. The Morgan fingerprint density at radius 2 is 2.03 bits per heavy atom. The van der Waals surface area contributed by atoms with E-state index in [4.69, 9.17) is 9.72 Å². The van der Waals surface area contributed by atoms with Crippen molar-refractivity contribution in [3.63, 3.8) is 0 Å². The first-order valence-electron chi connectivity index (χ1n) is 9.83. The predicted molar refractivity (Wildman–Crippen MR) is 112 cm³/mol. The quantitative estimate of drug-likeness (QED) is 0.699. The number of hydrogen-bond donors (Lipinski definition) is 2. The van der Waals surface area contributed by atoms with Crippen LogP contribution in [0.2, 0.25) is 0 Å². The molecule has 29 heavy (non-hydrogen) atoms. The molecule has 2 N–H and O–H groups in total. The number of hydrogen-bond acceptors (Lipinski definition) is 5. The molecule has 0 saturated carbocycles. The van der Waals surface area contributed by atoms with Crippen LogP contribution in [0.4, 0.5) is 5.69 Å². The Morgan fingerprint density at radius 1 is 1.21 bits per heavy atom. The number of fused-ring (bicyclic) bond motifs is 1. The van der Waals surface area contributed by atoms with Gasteiger partial charge in [0.2, 0.25) is 5.91 Å². The number of nitrogens with one attached hydrogen (secondary N) is 1. The van der Waals surface area contributed by atoms with Crippen LogP contribution in [-0.2, 0) is 16.1 Å². The van der Waals surface area contributed by atoms with E-state index in [-0.39, 0.29) is 24.7 Å². The first-order chi connectivity index (χ1) is 14.1. The van der Waals surface area contributed by atoms with E-state index < -0.39 is 0 Å². The van der Waals surface area contributed by atoms with Gasteiger partial charge in [-0.05, 0) is 29.8 Å². The molecular weight excluding hydrogens is 366 g/mol. The topological polar surface area (TPSA) is 74.7 Å². The Labute approximate surface area is 170 Å². The van der Waals surface area contributed by atoms with E-state index in [0.717, 1.165) is 34.4 Å². The Bertz CT molecular complexity index is 993. The third-order valence-electron chi connectivity index (χ3n) is 5.21. The second-order valence-corrected chi connectivity index (χ2v) is 7.31. The van der Waals surface area contributed by atoms with Crippen molar-refractivity contribution >= 4 is 22.5 Å². The number of carbonyl (C=O) groups excluding carboxylic acids is 1. The second kappa shape index (κ2) is 8.69. The maximum absolute atomic E-state index is 11.3. The summed E-state index contributed by atoms with van der Waals surface area (Å²) >= 11 is 0. The number of rotatable bonds is 5. The summed E-state index contributed by atoms with van der Waals surface area (Å²) in [4.78, 5) is 18.4. The highest BCUT2D eigenvalue weighted by Crippen LogP contribution is 2.31. The monoisotopic (exact) mass is 391 g/mol. The number of ether oxygens (including phenoxy) is 1. The molecule has 4 rings (SSSR count). The average molecular weight is 391 g/mol. The lowest BCUT2D eigenvalue weighted by molar-refractivity contribution is -0.114. The molecule has 0 bridgehead atoms. The number of aromatic nitrogens is 1. The van der Waals surface area contributed by atoms with Gasteiger partial charge >= 0.3 is 0 Å². The minimum atomic E-state index is -0.258. The molecule has 1 amide bonds. The van der Waals surface area contributed by atoms with Gasteiger partial charge in [-0.25, -0.2) is 0 Å². The lowest BCUT2D eigenvalue weighted by Crippen LogP contribution is -2.46. The van der Waals surface area contributed by atoms with Crippen molar-refractivity contribution in [1.29, 1.82) is 0 Å². The molecule has 1 fully saturated rings. The number of morpholine rings is 1.